The van der Waals surface area contributed by atoms with Gasteiger partial charge in [0, 0.05) is 11.1 Å². The Morgan fingerprint density at radius 2 is 1.94 bits per heavy atom. The molecule has 2 aromatic rings. The van der Waals surface area contributed by atoms with E-state index in [4.69, 9.17) is 0 Å². The van der Waals surface area contributed by atoms with E-state index in [1.54, 1.807) is 16.8 Å². The summed E-state index contributed by atoms with van der Waals surface area (Å²) < 4.78 is 1.75. The van der Waals surface area contributed by atoms with E-state index >= 15 is 0 Å². The van der Waals surface area contributed by atoms with Crippen LogP contribution in [0.4, 0.5) is 0 Å². The van der Waals surface area contributed by atoms with E-state index < -0.39 is 0 Å². The summed E-state index contributed by atoms with van der Waals surface area (Å²) in [5, 5.41) is 11.6. The molecule has 0 amide bonds. The minimum atomic E-state index is 0.204. The van der Waals surface area contributed by atoms with Gasteiger partial charge in [-0.05, 0) is 24.3 Å². The average molecular weight is 216 g/mol. The standard InChI is InChI=1S/C11H12N4O/c1-8(2)15-11(12-13-14-15)10-5-3-9(7-16)4-6-10/h3-8H,1-2H3. The summed E-state index contributed by atoms with van der Waals surface area (Å²) in [6.07, 6.45) is 0.815. The van der Waals surface area contributed by atoms with Crippen LogP contribution in [0.2, 0.25) is 0 Å². The number of nitrogens with zero attached hydrogens (tertiary/aromatic N) is 4. The number of tetrazole rings is 1. The van der Waals surface area contributed by atoms with E-state index in [0.29, 0.717) is 11.4 Å². The fraction of sp³-hybridized carbons (Fsp3) is 0.273. The van der Waals surface area contributed by atoms with Gasteiger partial charge in [-0.3, -0.25) is 4.79 Å². The van der Waals surface area contributed by atoms with Crippen molar-refractivity contribution in [2.75, 3.05) is 0 Å². The molecule has 0 spiro atoms. The lowest BCUT2D eigenvalue weighted by atomic mass is 10.1. The van der Waals surface area contributed by atoms with Crippen LogP contribution in [0, 0.1) is 0 Å². The van der Waals surface area contributed by atoms with Crippen molar-refractivity contribution in [1.29, 1.82) is 0 Å². The van der Waals surface area contributed by atoms with Gasteiger partial charge in [0.05, 0.1) is 6.04 Å². The van der Waals surface area contributed by atoms with Gasteiger partial charge in [0.25, 0.3) is 0 Å². The van der Waals surface area contributed by atoms with Crippen molar-refractivity contribution in [3.05, 3.63) is 29.8 Å². The molecule has 1 aromatic heterocycles. The maximum atomic E-state index is 10.5. The van der Waals surface area contributed by atoms with E-state index in [-0.39, 0.29) is 6.04 Å². The number of hydrogen-bond donors (Lipinski definition) is 0. The molecule has 5 heteroatoms. The Morgan fingerprint density at radius 3 is 2.50 bits per heavy atom. The van der Waals surface area contributed by atoms with Gasteiger partial charge in [-0.25, -0.2) is 4.68 Å². The molecule has 0 radical (unpaired) electrons. The lowest BCUT2D eigenvalue weighted by molar-refractivity contribution is 0.112. The second kappa shape index (κ2) is 4.22. The average Bonchev–Trinajstić information content (AvgIpc) is 2.78. The Labute approximate surface area is 93.1 Å². The predicted molar refractivity (Wildman–Crippen MR) is 59.0 cm³/mol. The highest BCUT2D eigenvalue weighted by atomic mass is 16.1. The first-order valence-corrected chi connectivity index (χ1v) is 5.06. The maximum absolute atomic E-state index is 10.5. The van der Waals surface area contributed by atoms with Crippen LogP contribution in [-0.2, 0) is 0 Å². The Balaban J connectivity index is 2.42. The summed E-state index contributed by atoms with van der Waals surface area (Å²) in [4.78, 5) is 10.5. The molecule has 5 nitrogen and oxygen atoms in total. The van der Waals surface area contributed by atoms with Gasteiger partial charge in [0.2, 0.25) is 0 Å². The number of carbonyl (C=O) groups is 1. The van der Waals surface area contributed by atoms with E-state index in [2.05, 4.69) is 15.5 Å². The van der Waals surface area contributed by atoms with Gasteiger partial charge in [-0.2, -0.15) is 0 Å². The quantitative estimate of drug-likeness (QED) is 0.733. The van der Waals surface area contributed by atoms with Crippen molar-refractivity contribution < 1.29 is 4.79 Å². The number of rotatable bonds is 3. The molecule has 0 fully saturated rings. The molecule has 0 unspecified atom stereocenters. The zero-order valence-corrected chi connectivity index (χ0v) is 9.16. The van der Waals surface area contributed by atoms with Crippen molar-refractivity contribution in [3.8, 4) is 11.4 Å². The molecule has 2 rings (SSSR count). The van der Waals surface area contributed by atoms with Crippen LogP contribution in [-0.4, -0.2) is 26.5 Å². The lowest BCUT2D eigenvalue weighted by Crippen LogP contribution is -2.05. The monoisotopic (exact) mass is 216 g/mol. The molecule has 0 saturated carbocycles. The van der Waals surface area contributed by atoms with Crippen LogP contribution in [0.25, 0.3) is 11.4 Å². The smallest absolute Gasteiger partial charge is 0.182 e. The first-order valence-electron chi connectivity index (χ1n) is 5.06. The second-order valence-electron chi connectivity index (χ2n) is 3.78. The summed E-state index contributed by atoms with van der Waals surface area (Å²) in [6.45, 7) is 4.03. The highest BCUT2D eigenvalue weighted by Gasteiger charge is 2.10. The van der Waals surface area contributed by atoms with Gasteiger partial charge in [0.15, 0.2) is 5.82 Å². The maximum Gasteiger partial charge on any atom is 0.182 e. The zero-order valence-electron chi connectivity index (χ0n) is 9.16. The fourth-order valence-corrected chi connectivity index (χ4v) is 1.44. The normalized spacial score (nSPS) is 10.7. The molecular formula is C11H12N4O. The van der Waals surface area contributed by atoms with Crippen LogP contribution in [0.1, 0.15) is 30.2 Å². The Bertz CT molecular complexity index is 487. The summed E-state index contributed by atoms with van der Waals surface area (Å²) in [5.41, 5.74) is 1.55. The predicted octanol–water partition coefficient (Wildman–Crippen LogP) is 1.73. The van der Waals surface area contributed by atoms with Crippen LogP contribution in [0.5, 0.6) is 0 Å². The summed E-state index contributed by atoms with van der Waals surface area (Å²) in [6, 6.07) is 7.39. The molecule has 16 heavy (non-hydrogen) atoms. The molecule has 1 heterocycles. The third-order valence-electron chi connectivity index (χ3n) is 2.29. The summed E-state index contributed by atoms with van der Waals surface area (Å²) in [7, 11) is 0. The molecule has 0 aliphatic carbocycles. The van der Waals surface area contributed by atoms with Gasteiger partial charge in [-0.1, -0.05) is 24.3 Å². The Morgan fingerprint density at radius 1 is 1.25 bits per heavy atom. The van der Waals surface area contributed by atoms with Gasteiger partial charge >= 0.3 is 0 Å². The van der Waals surface area contributed by atoms with Crippen LogP contribution in [0.3, 0.4) is 0 Å². The number of benzene rings is 1. The molecule has 0 aliphatic rings. The van der Waals surface area contributed by atoms with E-state index in [1.807, 2.05) is 26.0 Å². The van der Waals surface area contributed by atoms with Crippen molar-refractivity contribution in [2.45, 2.75) is 19.9 Å². The third-order valence-corrected chi connectivity index (χ3v) is 2.29. The van der Waals surface area contributed by atoms with E-state index in [0.717, 1.165) is 11.8 Å². The number of aldehydes is 1. The van der Waals surface area contributed by atoms with Crippen LogP contribution in [0.15, 0.2) is 24.3 Å². The summed E-state index contributed by atoms with van der Waals surface area (Å²) >= 11 is 0. The highest BCUT2D eigenvalue weighted by Crippen LogP contribution is 2.18. The Hall–Kier alpha value is -2.04. The number of hydrogen-bond acceptors (Lipinski definition) is 4. The van der Waals surface area contributed by atoms with E-state index in [9.17, 15) is 4.79 Å². The third kappa shape index (κ3) is 1.84. The lowest BCUT2D eigenvalue weighted by Gasteiger charge is -2.07. The molecule has 82 valence electrons. The van der Waals surface area contributed by atoms with Gasteiger partial charge in [0.1, 0.15) is 6.29 Å². The van der Waals surface area contributed by atoms with Crippen molar-refractivity contribution >= 4 is 6.29 Å². The van der Waals surface area contributed by atoms with Crippen molar-refractivity contribution in [2.24, 2.45) is 0 Å². The molecule has 0 atom stereocenters. The first-order chi connectivity index (χ1) is 7.72. The highest BCUT2D eigenvalue weighted by molar-refractivity contribution is 5.76. The second-order valence-corrected chi connectivity index (χ2v) is 3.78. The molecule has 0 N–H and O–H groups in total. The molecule has 0 saturated heterocycles. The minimum Gasteiger partial charge on any atom is -0.298 e. The number of carbonyl (C=O) groups excluding carboxylic acids is 1. The topological polar surface area (TPSA) is 60.7 Å². The van der Waals surface area contributed by atoms with Gasteiger partial charge < -0.3 is 0 Å². The van der Waals surface area contributed by atoms with Crippen molar-refractivity contribution in [3.63, 3.8) is 0 Å². The fourth-order valence-electron chi connectivity index (χ4n) is 1.44. The molecular weight excluding hydrogens is 204 g/mol. The first kappa shape index (κ1) is 10.5. The zero-order chi connectivity index (χ0) is 11.5. The summed E-state index contributed by atoms with van der Waals surface area (Å²) in [5.74, 6) is 0.715. The van der Waals surface area contributed by atoms with E-state index in [1.165, 1.54) is 0 Å². The molecule has 0 aliphatic heterocycles. The molecule has 1 aromatic carbocycles. The SMILES string of the molecule is CC(C)n1nnnc1-c1ccc(C=O)cc1. The van der Waals surface area contributed by atoms with Gasteiger partial charge in [-0.15, -0.1) is 5.10 Å². The minimum absolute atomic E-state index is 0.204. The van der Waals surface area contributed by atoms with Crippen LogP contribution >= 0.6 is 0 Å². The van der Waals surface area contributed by atoms with Crippen LogP contribution < -0.4 is 0 Å². The molecule has 0 bridgehead atoms. The van der Waals surface area contributed by atoms with Crippen molar-refractivity contribution in [1.82, 2.24) is 20.2 Å². The largest absolute Gasteiger partial charge is 0.298 e. The number of aromatic nitrogens is 4. The Kier molecular flexibility index (Phi) is 2.76.